The van der Waals surface area contributed by atoms with Gasteiger partial charge in [0, 0.05) is 0 Å². The van der Waals surface area contributed by atoms with Crippen molar-refractivity contribution in [2.45, 2.75) is 6.04 Å². The third-order valence-corrected chi connectivity index (χ3v) is 3.00. The van der Waals surface area contributed by atoms with Crippen molar-refractivity contribution in [1.82, 2.24) is 4.98 Å². The molecule has 0 aliphatic carbocycles. The summed E-state index contributed by atoms with van der Waals surface area (Å²) in [5, 5.41) is 3.30. The predicted molar refractivity (Wildman–Crippen MR) is 74.8 cm³/mol. The summed E-state index contributed by atoms with van der Waals surface area (Å²) in [5.74, 6) is 0.297. The Kier molecular flexibility index (Phi) is 3.46. The third-order valence-electron chi connectivity index (χ3n) is 3.00. The minimum Gasteiger partial charge on any atom is -0.467 e. The molecule has 0 saturated carbocycles. The summed E-state index contributed by atoms with van der Waals surface area (Å²) in [7, 11) is 0. The number of hydrogen-bond acceptors (Lipinski definition) is 3. The van der Waals surface area contributed by atoms with Gasteiger partial charge in [-0.3, -0.25) is 0 Å². The number of aromatic nitrogens is 1. The van der Waals surface area contributed by atoms with Crippen molar-refractivity contribution < 1.29 is 8.81 Å². The normalized spacial score (nSPS) is 12.1. The molecule has 3 aromatic rings. The molecule has 0 aliphatic rings. The Bertz CT molecular complexity index is 651. The molecule has 0 bridgehead atoms. The first kappa shape index (κ1) is 12.4. The van der Waals surface area contributed by atoms with Crippen LogP contribution in [0.15, 0.2) is 71.5 Å². The number of rotatable bonds is 4. The molecule has 20 heavy (non-hydrogen) atoms. The van der Waals surface area contributed by atoms with Gasteiger partial charge in [-0.15, -0.1) is 0 Å². The van der Waals surface area contributed by atoms with E-state index in [1.165, 1.54) is 12.3 Å². The van der Waals surface area contributed by atoms with E-state index in [1.54, 1.807) is 12.3 Å². The second-order valence-electron chi connectivity index (χ2n) is 4.37. The van der Waals surface area contributed by atoms with E-state index in [0.29, 0.717) is 0 Å². The molecule has 100 valence electrons. The second kappa shape index (κ2) is 5.57. The lowest BCUT2D eigenvalue weighted by Gasteiger charge is -2.18. The van der Waals surface area contributed by atoms with Crippen molar-refractivity contribution in [3.05, 3.63) is 84.3 Å². The van der Waals surface area contributed by atoms with Crippen molar-refractivity contribution in [3.63, 3.8) is 0 Å². The summed E-state index contributed by atoms with van der Waals surface area (Å²) < 4.78 is 18.4. The average Bonchev–Trinajstić information content (AvgIpc) is 3.01. The maximum absolute atomic E-state index is 12.9. The SMILES string of the molecule is Fc1ccc(NC(c2ccccc2)c2ccco2)cn1. The van der Waals surface area contributed by atoms with Crippen LogP contribution in [0.4, 0.5) is 10.1 Å². The Balaban J connectivity index is 1.92. The fraction of sp³-hybridized carbons (Fsp3) is 0.0625. The van der Waals surface area contributed by atoms with Gasteiger partial charge in [-0.25, -0.2) is 4.98 Å². The minimum absolute atomic E-state index is 0.140. The molecule has 1 aromatic carbocycles. The van der Waals surface area contributed by atoms with Gasteiger partial charge in [0.2, 0.25) is 5.95 Å². The quantitative estimate of drug-likeness (QED) is 0.726. The molecule has 1 unspecified atom stereocenters. The molecule has 1 N–H and O–H groups in total. The van der Waals surface area contributed by atoms with E-state index in [1.807, 2.05) is 42.5 Å². The van der Waals surface area contributed by atoms with Crippen LogP contribution in [-0.2, 0) is 0 Å². The third kappa shape index (κ3) is 2.69. The van der Waals surface area contributed by atoms with Crippen LogP contribution >= 0.6 is 0 Å². The van der Waals surface area contributed by atoms with Gasteiger partial charge in [-0.05, 0) is 29.8 Å². The first-order valence-corrected chi connectivity index (χ1v) is 6.29. The molecule has 0 amide bonds. The summed E-state index contributed by atoms with van der Waals surface area (Å²) >= 11 is 0. The van der Waals surface area contributed by atoms with Crippen LogP contribution < -0.4 is 5.32 Å². The summed E-state index contributed by atoms with van der Waals surface area (Å²) in [5.41, 5.74) is 1.79. The van der Waals surface area contributed by atoms with E-state index in [4.69, 9.17) is 4.42 Å². The molecule has 2 aromatic heterocycles. The number of benzene rings is 1. The molecule has 2 heterocycles. The minimum atomic E-state index is -0.496. The molecule has 0 saturated heterocycles. The second-order valence-corrected chi connectivity index (χ2v) is 4.37. The summed E-state index contributed by atoms with van der Waals surface area (Å²) in [6.45, 7) is 0. The van der Waals surface area contributed by atoms with Gasteiger partial charge < -0.3 is 9.73 Å². The monoisotopic (exact) mass is 268 g/mol. The standard InChI is InChI=1S/C16H13FN2O/c17-15-9-8-13(11-18-15)19-16(14-7-4-10-20-14)12-5-2-1-3-6-12/h1-11,16,19H. The van der Waals surface area contributed by atoms with E-state index >= 15 is 0 Å². The maximum atomic E-state index is 12.9. The Morgan fingerprint density at radius 1 is 1.00 bits per heavy atom. The number of nitrogens with one attached hydrogen (secondary N) is 1. The Morgan fingerprint density at radius 2 is 1.85 bits per heavy atom. The van der Waals surface area contributed by atoms with Gasteiger partial charge in [0.25, 0.3) is 0 Å². The van der Waals surface area contributed by atoms with Crippen LogP contribution in [0.3, 0.4) is 0 Å². The van der Waals surface area contributed by atoms with Crippen molar-refractivity contribution in [2.24, 2.45) is 0 Å². The smallest absolute Gasteiger partial charge is 0.212 e. The van der Waals surface area contributed by atoms with E-state index in [-0.39, 0.29) is 6.04 Å². The number of halogens is 1. The number of furan rings is 1. The molecule has 3 nitrogen and oxygen atoms in total. The van der Waals surface area contributed by atoms with E-state index in [9.17, 15) is 4.39 Å². The van der Waals surface area contributed by atoms with E-state index in [2.05, 4.69) is 10.3 Å². The van der Waals surface area contributed by atoms with Crippen LogP contribution in [0.25, 0.3) is 0 Å². The lowest BCUT2D eigenvalue weighted by molar-refractivity contribution is 0.499. The zero-order valence-electron chi connectivity index (χ0n) is 10.7. The van der Waals surface area contributed by atoms with Gasteiger partial charge in [-0.2, -0.15) is 4.39 Å². The van der Waals surface area contributed by atoms with Crippen LogP contribution in [0.2, 0.25) is 0 Å². The highest BCUT2D eigenvalue weighted by molar-refractivity contribution is 5.46. The van der Waals surface area contributed by atoms with Gasteiger partial charge >= 0.3 is 0 Å². The molecule has 0 fully saturated rings. The topological polar surface area (TPSA) is 38.1 Å². The van der Waals surface area contributed by atoms with Crippen LogP contribution in [0.5, 0.6) is 0 Å². The largest absolute Gasteiger partial charge is 0.467 e. The van der Waals surface area contributed by atoms with Gasteiger partial charge in [-0.1, -0.05) is 30.3 Å². The van der Waals surface area contributed by atoms with Gasteiger partial charge in [0.1, 0.15) is 11.8 Å². The molecule has 0 spiro atoms. The summed E-state index contributed by atoms with van der Waals surface area (Å²) in [4.78, 5) is 3.65. The first-order chi connectivity index (χ1) is 9.83. The Labute approximate surface area is 116 Å². The van der Waals surface area contributed by atoms with E-state index in [0.717, 1.165) is 17.0 Å². The highest BCUT2D eigenvalue weighted by Gasteiger charge is 2.16. The highest BCUT2D eigenvalue weighted by Crippen LogP contribution is 2.26. The molecule has 0 aliphatic heterocycles. The van der Waals surface area contributed by atoms with Crippen LogP contribution in [-0.4, -0.2) is 4.98 Å². The molecular weight excluding hydrogens is 255 g/mol. The number of pyridine rings is 1. The first-order valence-electron chi connectivity index (χ1n) is 6.29. The Hall–Kier alpha value is -2.62. The van der Waals surface area contributed by atoms with Gasteiger partial charge in [0.15, 0.2) is 0 Å². The molecular formula is C16H13FN2O. The average molecular weight is 268 g/mol. The van der Waals surface area contributed by atoms with Crippen LogP contribution in [0.1, 0.15) is 17.4 Å². The van der Waals surface area contributed by atoms with Crippen molar-refractivity contribution >= 4 is 5.69 Å². The zero-order valence-corrected chi connectivity index (χ0v) is 10.7. The van der Waals surface area contributed by atoms with Crippen molar-refractivity contribution in [3.8, 4) is 0 Å². The van der Waals surface area contributed by atoms with Crippen molar-refractivity contribution in [2.75, 3.05) is 5.32 Å². The fourth-order valence-electron chi connectivity index (χ4n) is 2.05. The maximum Gasteiger partial charge on any atom is 0.212 e. The zero-order chi connectivity index (χ0) is 13.8. The molecule has 3 rings (SSSR count). The summed E-state index contributed by atoms with van der Waals surface area (Å²) in [6, 6.07) is 16.5. The van der Waals surface area contributed by atoms with E-state index < -0.39 is 5.95 Å². The lowest BCUT2D eigenvalue weighted by atomic mass is 10.0. The van der Waals surface area contributed by atoms with Gasteiger partial charge in [0.05, 0.1) is 18.1 Å². The molecule has 1 atom stereocenters. The highest BCUT2D eigenvalue weighted by atomic mass is 19.1. The molecule has 4 heteroatoms. The summed E-state index contributed by atoms with van der Waals surface area (Å²) in [6.07, 6.45) is 3.10. The number of anilines is 1. The lowest BCUT2D eigenvalue weighted by Crippen LogP contribution is -2.11. The van der Waals surface area contributed by atoms with Crippen LogP contribution in [0, 0.1) is 5.95 Å². The predicted octanol–water partition coefficient (Wildman–Crippen LogP) is 4.02. The fourth-order valence-corrected chi connectivity index (χ4v) is 2.05. The van der Waals surface area contributed by atoms with Crippen molar-refractivity contribution in [1.29, 1.82) is 0 Å². The Morgan fingerprint density at radius 3 is 2.50 bits per heavy atom. The molecule has 0 radical (unpaired) electrons. The number of hydrogen-bond donors (Lipinski definition) is 1. The number of nitrogens with zero attached hydrogens (tertiary/aromatic N) is 1.